The zero-order valence-corrected chi connectivity index (χ0v) is 16.0. The first-order valence-corrected chi connectivity index (χ1v) is 8.79. The van der Waals surface area contributed by atoms with Crippen LogP contribution in [0.4, 0.5) is 5.69 Å². The van der Waals surface area contributed by atoms with Crippen LogP contribution in [0.1, 0.15) is 26.3 Å². The third-order valence-electron chi connectivity index (χ3n) is 3.62. The van der Waals surface area contributed by atoms with Gasteiger partial charge in [-0.3, -0.25) is 14.9 Å². The van der Waals surface area contributed by atoms with Crippen LogP contribution in [0.5, 0.6) is 11.5 Å². The van der Waals surface area contributed by atoms with Crippen LogP contribution < -0.4 is 14.9 Å². The maximum atomic E-state index is 11.9. The van der Waals surface area contributed by atoms with Crippen LogP contribution in [-0.2, 0) is 4.79 Å². The van der Waals surface area contributed by atoms with Crippen molar-refractivity contribution in [3.05, 3.63) is 64.2 Å². The number of hydrogen-bond donors (Lipinski definition) is 1. The average Bonchev–Trinajstić information content (AvgIpc) is 2.69. The molecule has 0 aliphatic rings. The molecule has 0 bridgehead atoms. The fraction of sp³-hybridized carbons (Fsp3) is 0.300. The molecule has 0 spiro atoms. The number of carbonyl (C=O) groups is 1. The number of ether oxygens (including phenoxy) is 2. The molecule has 0 saturated carbocycles. The van der Waals surface area contributed by atoms with Gasteiger partial charge in [0, 0.05) is 6.07 Å². The fourth-order valence-corrected chi connectivity index (χ4v) is 2.17. The lowest BCUT2D eigenvalue weighted by Gasteiger charge is -2.09. The Balaban J connectivity index is 1.88. The van der Waals surface area contributed by atoms with Crippen molar-refractivity contribution in [2.45, 2.75) is 20.8 Å². The summed E-state index contributed by atoms with van der Waals surface area (Å²) in [7, 11) is 0. The molecule has 1 N–H and O–H groups in total. The Morgan fingerprint density at radius 1 is 1.14 bits per heavy atom. The normalized spacial score (nSPS) is 11.2. The minimum Gasteiger partial charge on any atom is -0.493 e. The van der Waals surface area contributed by atoms with Gasteiger partial charge in [0.25, 0.3) is 5.91 Å². The summed E-state index contributed by atoms with van der Waals surface area (Å²) in [6.07, 6.45) is 0. The van der Waals surface area contributed by atoms with Gasteiger partial charge >= 0.3 is 5.69 Å². The van der Waals surface area contributed by atoms with E-state index in [4.69, 9.17) is 9.47 Å². The maximum Gasteiger partial charge on any atom is 0.310 e. The predicted molar refractivity (Wildman–Crippen MR) is 106 cm³/mol. The van der Waals surface area contributed by atoms with Gasteiger partial charge in [0.1, 0.15) is 5.75 Å². The number of rotatable bonds is 9. The highest BCUT2D eigenvalue weighted by molar-refractivity contribution is 5.99. The topological polar surface area (TPSA) is 103 Å². The van der Waals surface area contributed by atoms with Gasteiger partial charge < -0.3 is 9.47 Å². The molecule has 0 radical (unpaired) electrons. The number of hydrogen-bond acceptors (Lipinski definition) is 6. The van der Waals surface area contributed by atoms with Gasteiger partial charge in [0.15, 0.2) is 12.4 Å². The van der Waals surface area contributed by atoms with Crippen molar-refractivity contribution >= 4 is 17.3 Å². The van der Waals surface area contributed by atoms with E-state index in [9.17, 15) is 14.9 Å². The molecule has 8 nitrogen and oxygen atoms in total. The molecule has 0 fully saturated rings. The van der Waals surface area contributed by atoms with Crippen molar-refractivity contribution in [3.63, 3.8) is 0 Å². The Labute approximate surface area is 163 Å². The first kappa shape index (κ1) is 20.9. The van der Waals surface area contributed by atoms with E-state index >= 15 is 0 Å². The summed E-state index contributed by atoms with van der Waals surface area (Å²) in [6.45, 7) is 6.17. The molecule has 0 aliphatic heterocycles. The van der Waals surface area contributed by atoms with Gasteiger partial charge in [-0.05, 0) is 48.7 Å². The summed E-state index contributed by atoms with van der Waals surface area (Å²) in [5.74, 6) is 0.722. The lowest BCUT2D eigenvalue weighted by molar-refractivity contribution is -0.385. The minimum atomic E-state index is -0.565. The Morgan fingerprint density at radius 3 is 2.46 bits per heavy atom. The van der Waals surface area contributed by atoms with Crippen LogP contribution in [0.3, 0.4) is 0 Å². The number of nitrogens with one attached hydrogen (secondary N) is 1. The molecule has 2 aromatic rings. The summed E-state index contributed by atoms with van der Waals surface area (Å²) >= 11 is 0. The van der Waals surface area contributed by atoms with Crippen LogP contribution in [0.2, 0.25) is 0 Å². The smallest absolute Gasteiger partial charge is 0.310 e. The SMILES string of the molecule is C/C(=N/NC(=O)COc1ccccc1[N+](=O)[O-])c1ccc(OCC(C)C)cc1. The lowest BCUT2D eigenvalue weighted by atomic mass is 10.1. The van der Waals surface area contributed by atoms with Gasteiger partial charge in [0.05, 0.1) is 17.2 Å². The number of nitro benzene ring substituents is 1. The number of nitrogens with zero attached hydrogens (tertiary/aromatic N) is 2. The minimum absolute atomic E-state index is 0.0281. The molecule has 8 heteroatoms. The van der Waals surface area contributed by atoms with E-state index < -0.39 is 10.8 Å². The zero-order chi connectivity index (χ0) is 20.5. The monoisotopic (exact) mass is 385 g/mol. The Hall–Kier alpha value is -3.42. The van der Waals surface area contributed by atoms with Crippen LogP contribution >= 0.6 is 0 Å². The van der Waals surface area contributed by atoms with Crippen LogP contribution in [0.15, 0.2) is 53.6 Å². The third-order valence-corrected chi connectivity index (χ3v) is 3.62. The number of amides is 1. The maximum absolute atomic E-state index is 11.9. The van der Waals surface area contributed by atoms with Gasteiger partial charge in [-0.25, -0.2) is 5.43 Å². The van der Waals surface area contributed by atoms with E-state index in [2.05, 4.69) is 24.4 Å². The van der Waals surface area contributed by atoms with Crippen molar-refractivity contribution in [2.24, 2.45) is 11.0 Å². The highest BCUT2D eigenvalue weighted by Gasteiger charge is 2.14. The molecule has 0 saturated heterocycles. The van der Waals surface area contributed by atoms with Gasteiger partial charge in [-0.15, -0.1) is 0 Å². The number of para-hydroxylation sites is 2. The Bertz CT molecular complexity index is 847. The van der Waals surface area contributed by atoms with Gasteiger partial charge in [0.2, 0.25) is 0 Å². The summed E-state index contributed by atoms with van der Waals surface area (Å²) in [5.41, 5.74) is 3.61. The predicted octanol–water partition coefficient (Wildman–Crippen LogP) is 3.55. The summed E-state index contributed by atoms with van der Waals surface area (Å²) in [5, 5.41) is 15.0. The molecule has 0 atom stereocenters. The van der Waals surface area contributed by atoms with E-state index in [-0.39, 0.29) is 18.0 Å². The van der Waals surface area contributed by atoms with Crippen LogP contribution in [0.25, 0.3) is 0 Å². The summed E-state index contributed by atoms with van der Waals surface area (Å²) in [4.78, 5) is 22.3. The molecule has 1 amide bonds. The largest absolute Gasteiger partial charge is 0.493 e. The van der Waals surface area contributed by atoms with E-state index in [1.807, 2.05) is 24.3 Å². The number of benzene rings is 2. The molecule has 0 heterocycles. The second kappa shape index (κ2) is 10.1. The summed E-state index contributed by atoms with van der Waals surface area (Å²) < 4.78 is 10.8. The van der Waals surface area contributed by atoms with Crippen molar-refractivity contribution in [3.8, 4) is 11.5 Å². The quantitative estimate of drug-likeness (QED) is 0.404. The number of nitro groups is 1. The van der Waals surface area contributed by atoms with Crippen molar-refractivity contribution < 1.29 is 19.2 Å². The first-order valence-electron chi connectivity index (χ1n) is 8.79. The standard InChI is InChI=1S/C20H23N3O5/c1-14(2)12-27-17-10-8-16(9-11-17)15(3)21-22-20(24)13-28-19-7-5-4-6-18(19)23(25)26/h4-11,14H,12-13H2,1-3H3,(H,22,24)/b21-15-. The lowest BCUT2D eigenvalue weighted by Crippen LogP contribution is -2.25. The molecule has 0 aromatic heterocycles. The molecule has 28 heavy (non-hydrogen) atoms. The second-order valence-electron chi connectivity index (χ2n) is 6.47. The molecular weight excluding hydrogens is 362 g/mol. The fourth-order valence-electron chi connectivity index (χ4n) is 2.17. The Kier molecular flexibility index (Phi) is 7.50. The molecule has 0 aliphatic carbocycles. The van der Waals surface area contributed by atoms with Gasteiger partial charge in [-0.2, -0.15) is 5.10 Å². The van der Waals surface area contributed by atoms with E-state index in [1.165, 1.54) is 18.2 Å². The Morgan fingerprint density at radius 2 is 1.82 bits per heavy atom. The summed E-state index contributed by atoms with van der Waals surface area (Å²) in [6, 6.07) is 13.3. The zero-order valence-electron chi connectivity index (χ0n) is 16.0. The number of hydrazone groups is 1. The molecule has 148 valence electrons. The molecule has 2 rings (SSSR count). The highest BCUT2D eigenvalue weighted by atomic mass is 16.6. The van der Waals surface area contributed by atoms with Crippen molar-refractivity contribution in [1.29, 1.82) is 0 Å². The van der Waals surface area contributed by atoms with E-state index in [1.54, 1.807) is 13.0 Å². The average molecular weight is 385 g/mol. The van der Waals surface area contributed by atoms with E-state index in [0.29, 0.717) is 18.2 Å². The van der Waals surface area contributed by atoms with Crippen LogP contribution in [0, 0.1) is 16.0 Å². The molecule has 2 aromatic carbocycles. The van der Waals surface area contributed by atoms with Crippen molar-refractivity contribution in [2.75, 3.05) is 13.2 Å². The number of carbonyl (C=O) groups excluding carboxylic acids is 1. The van der Waals surface area contributed by atoms with E-state index in [0.717, 1.165) is 11.3 Å². The second-order valence-corrected chi connectivity index (χ2v) is 6.47. The van der Waals surface area contributed by atoms with Gasteiger partial charge in [-0.1, -0.05) is 26.0 Å². The van der Waals surface area contributed by atoms with Crippen molar-refractivity contribution in [1.82, 2.24) is 5.43 Å². The third kappa shape index (κ3) is 6.39. The first-order chi connectivity index (χ1) is 13.4. The molecule has 0 unspecified atom stereocenters. The van der Waals surface area contributed by atoms with Crippen LogP contribution in [-0.4, -0.2) is 29.8 Å². The molecular formula is C20H23N3O5. The highest BCUT2D eigenvalue weighted by Crippen LogP contribution is 2.25.